The first-order chi connectivity index (χ1) is 12.7. The number of ether oxygens (including phenoxy) is 1. The topological polar surface area (TPSA) is 114 Å². The Bertz CT molecular complexity index is 951. The molecule has 0 unspecified atom stereocenters. The number of carbonyl (C=O) groups is 2. The van der Waals surface area contributed by atoms with E-state index in [0.29, 0.717) is 0 Å². The van der Waals surface area contributed by atoms with Gasteiger partial charge in [0.15, 0.2) is 0 Å². The summed E-state index contributed by atoms with van der Waals surface area (Å²) in [6.07, 6.45) is -0.850. The summed E-state index contributed by atoms with van der Waals surface area (Å²) in [5, 5.41) is 0.0376. The van der Waals surface area contributed by atoms with E-state index in [0.717, 1.165) is 24.3 Å². The van der Waals surface area contributed by atoms with E-state index < -0.39 is 27.8 Å². The van der Waals surface area contributed by atoms with Gasteiger partial charge in [0.1, 0.15) is 5.82 Å². The van der Waals surface area contributed by atoms with Crippen LogP contribution in [0.4, 0.5) is 14.9 Å². The first kappa shape index (κ1) is 20.5. The van der Waals surface area contributed by atoms with Crippen LogP contribution in [-0.2, 0) is 14.8 Å². The molecule has 0 aromatic heterocycles. The number of carbonyl (C=O) groups excluding carboxylic acids is 2. The minimum Gasteiger partial charge on any atom is -0.449 e. The molecule has 0 bridgehead atoms. The highest BCUT2D eigenvalue weighted by Gasteiger charge is 2.17. The second-order valence-electron chi connectivity index (χ2n) is 5.05. The molecule has 0 saturated heterocycles. The van der Waals surface area contributed by atoms with Crippen LogP contribution in [0.2, 0.25) is 5.02 Å². The van der Waals surface area contributed by atoms with Gasteiger partial charge in [-0.1, -0.05) is 11.6 Å². The van der Waals surface area contributed by atoms with Gasteiger partial charge in [-0.2, -0.15) is 0 Å². The number of hydrogen-bond acceptors (Lipinski definition) is 5. The summed E-state index contributed by atoms with van der Waals surface area (Å²) in [5.41, 5.74) is 4.09. The van der Waals surface area contributed by atoms with Crippen LogP contribution in [0.1, 0.15) is 17.3 Å². The van der Waals surface area contributed by atoms with Crippen LogP contribution >= 0.6 is 11.6 Å². The van der Waals surface area contributed by atoms with Crippen molar-refractivity contribution in [1.82, 2.24) is 10.9 Å². The van der Waals surface area contributed by atoms with Gasteiger partial charge < -0.3 is 4.74 Å². The second kappa shape index (κ2) is 8.69. The molecule has 2 amide bonds. The largest absolute Gasteiger partial charge is 0.449 e. The molecule has 0 aliphatic carbocycles. The maximum Gasteiger partial charge on any atom is 0.426 e. The standard InChI is InChI=1S/C16H15ClFN3O5S/c1-2-26-16(23)20-19-15(22)10-3-8-13(17)14(9-10)21-27(24,25)12-6-4-11(18)5-7-12/h3-9,21H,2H2,1H3,(H,19,22)(H,20,23). The van der Waals surface area contributed by atoms with E-state index in [-0.39, 0.29) is 27.8 Å². The van der Waals surface area contributed by atoms with Crippen LogP contribution in [0.15, 0.2) is 47.4 Å². The van der Waals surface area contributed by atoms with Crippen molar-refractivity contribution in [2.75, 3.05) is 11.3 Å². The van der Waals surface area contributed by atoms with E-state index in [1.807, 2.05) is 5.43 Å². The number of rotatable bonds is 5. The summed E-state index contributed by atoms with van der Waals surface area (Å²) in [7, 11) is -4.05. The molecule has 3 N–H and O–H groups in total. The fourth-order valence-corrected chi connectivity index (χ4v) is 3.20. The van der Waals surface area contributed by atoms with Crippen LogP contribution in [-0.4, -0.2) is 27.0 Å². The zero-order chi connectivity index (χ0) is 20.0. The number of amides is 2. The molecule has 0 radical (unpaired) electrons. The van der Waals surface area contributed by atoms with Gasteiger partial charge in [-0.25, -0.2) is 23.0 Å². The summed E-state index contributed by atoms with van der Waals surface area (Å²) >= 11 is 5.98. The smallest absolute Gasteiger partial charge is 0.426 e. The average molecular weight is 416 g/mol. The van der Waals surface area contributed by atoms with Gasteiger partial charge in [0.05, 0.1) is 22.2 Å². The van der Waals surface area contributed by atoms with E-state index in [9.17, 15) is 22.4 Å². The van der Waals surface area contributed by atoms with Gasteiger partial charge in [0.25, 0.3) is 15.9 Å². The van der Waals surface area contributed by atoms with Gasteiger partial charge in [0, 0.05) is 5.56 Å². The average Bonchev–Trinajstić information content (AvgIpc) is 2.62. The molecule has 0 atom stereocenters. The van der Waals surface area contributed by atoms with Crippen LogP contribution in [0.25, 0.3) is 0 Å². The highest BCUT2D eigenvalue weighted by molar-refractivity contribution is 7.92. The first-order valence-electron chi connectivity index (χ1n) is 7.54. The number of halogens is 2. The Hall–Kier alpha value is -2.85. The summed E-state index contributed by atoms with van der Waals surface area (Å²) < 4.78 is 44.5. The Labute approximate surface area is 159 Å². The quantitative estimate of drug-likeness (QED) is 0.650. The number of sulfonamides is 1. The van der Waals surface area contributed by atoms with E-state index in [4.69, 9.17) is 11.6 Å². The Kier molecular flexibility index (Phi) is 6.59. The Balaban J connectivity index is 2.18. The molecule has 0 heterocycles. The molecule has 11 heteroatoms. The van der Waals surface area contributed by atoms with Crippen LogP contribution in [0, 0.1) is 5.82 Å². The Morgan fingerprint density at radius 2 is 1.78 bits per heavy atom. The third-order valence-electron chi connectivity index (χ3n) is 3.15. The fourth-order valence-electron chi connectivity index (χ4n) is 1.91. The van der Waals surface area contributed by atoms with Gasteiger partial charge in [-0.05, 0) is 49.4 Å². The molecule has 0 aliphatic heterocycles. The minimum atomic E-state index is -4.05. The molecule has 2 rings (SSSR count). The van der Waals surface area contributed by atoms with Crippen molar-refractivity contribution < 1.29 is 27.1 Å². The molecule has 2 aromatic carbocycles. The van der Waals surface area contributed by atoms with E-state index in [2.05, 4.69) is 14.9 Å². The monoisotopic (exact) mass is 415 g/mol. The zero-order valence-corrected chi connectivity index (χ0v) is 15.5. The van der Waals surface area contributed by atoms with Crippen molar-refractivity contribution in [2.24, 2.45) is 0 Å². The zero-order valence-electron chi connectivity index (χ0n) is 14.0. The number of benzene rings is 2. The van der Waals surface area contributed by atoms with Gasteiger partial charge >= 0.3 is 6.09 Å². The van der Waals surface area contributed by atoms with Crippen LogP contribution in [0.3, 0.4) is 0 Å². The normalized spacial score (nSPS) is 10.8. The summed E-state index contributed by atoms with van der Waals surface area (Å²) in [6.45, 7) is 1.72. The molecule has 27 heavy (non-hydrogen) atoms. The number of nitrogens with one attached hydrogen (secondary N) is 3. The highest BCUT2D eigenvalue weighted by atomic mass is 35.5. The lowest BCUT2D eigenvalue weighted by molar-refractivity contribution is 0.0912. The van der Waals surface area contributed by atoms with Gasteiger partial charge in [-0.3, -0.25) is 14.9 Å². The van der Waals surface area contributed by atoms with Crippen molar-refractivity contribution in [3.8, 4) is 0 Å². The first-order valence-corrected chi connectivity index (χ1v) is 9.40. The van der Waals surface area contributed by atoms with Crippen molar-refractivity contribution in [3.63, 3.8) is 0 Å². The summed E-state index contributed by atoms with van der Waals surface area (Å²) in [5.74, 6) is -1.30. The molecular formula is C16H15ClFN3O5S. The van der Waals surface area contributed by atoms with E-state index in [1.54, 1.807) is 6.92 Å². The molecule has 144 valence electrons. The third kappa shape index (κ3) is 5.56. The fraction of sp³-hybridized carbons (Fsp3) is 0.125. The highest BCUT2D eigenvalue weighted by Crippen LogP contribution is 2.26. The van der Waals surface area contributed by atoms with E-state index >= 15 is 0 Å². The van der Waals surface area contributed by atoms with Crippen molar-refractivity contribution in [3.05, 3.63) is 58.9 Å². The second-order valence-corrected chi connectivity index (χ2v) is 7.14. The van der Waals surface area contributed by atoms with Crippen LogP contribution < -0.4 is 15.6 Å². The number of hydrazine groups is 1. The maximum atomic E-state index is 13.0. The lowest BCUT2D eigenvalue weighted by Crippen LogP contribution is -2.41. The lowest BCUT2D eigenvalue weighted by atomic mass is 10.2. The molecule has 0 fully saturated rings. The summed E-state index contributed by atoms with van der Waals surface area (Å²) in [6, 6.07) is 8.01. The Morgan fingerprint density at radius 1 is 1.11 bits per heavy atom. The predicted molar refractivity (Wildman–Crippen MR) is 96.3 cm³/mol. The molecule has 0 saturated carbocycles. The van der Waals surface area contributed by atoms with Gasteiger partial charge in [0.2, 0.25) is 0 Å². The van der Waals surface area contributed by atoms with Crippen molar-refractivity contribution >= 4 is 39.3 Å². The van der Waals surface area contributed by atoms with Crippen molar-refractivity contribution in [2.45, 2.75) is 11.8 Å². The lowest BCUT2D eigenvalue weighted by Gasteiger charge is -2.12. The maximum absolute atomic E-state index is 13.0. The molecule has 8 nitrogen and oxygen atoms in total. The third-order valence-corrected chi connectivity index (χ3v) is 4.86. The summed E-state index contributed by atoms with van der Waals surface area (Å²) in [4.78, 5) is 23.0. The molecule has 0 aliphatic rings. The molecule has 0 spiro atoms. The van der Waals surface area contributed by atoms with Crippen molar-refractivity contribution in [1.29, 1.82) is 0 Å². The van der Waals surface area contributed by atoms with Crippen LogP contribution in [0.5, 0.6) is 0 Å². The number of hydrogen-bond donors (Lipinski definition) is 3. The van der Waals surface area contributed by atoms with Gasteiger partial charge in [-0.15, -0.1) is 0 Å². The SMILES string of the molecule is CCOC(=O)NNC(=O)c1ccc(Cl)c(NS(=O)(=O)c2ccc(F)cc2)c1. The molecule has 2 aromatic rings. The predicted octanol–water partition coefficient (Wildman–Crippen LogP) is 2.67. The minimum absolute atomic E-state index is 0.0213. The van der Waals surface area contributed by atoms with E-state index in [1.165, 1.54) is 18.2 Å². The number of anilines is 1. The molecular weight excluding hydrogens is 401 g/mol. The Morgan fingerprint density at radius 3 is 2.41 bits per heavy atom.